The number of carbonyl (C=O) groups excluding carboxylic acids is 1. The standard InChI is InChI=1S/C21H23NO5/c1-26-18-4-3-13(9-16(18)23)12-21-7-5-20(25)22(21)8-6-14-10-19(27-2)17(24)11-15(14)21/h3-4,9-11,23-24H,5-8,12H2,1-2H3/t21-/m0/s1. The summed E-state index contributed by atoms with van der Waals surface area (Å²) in [4.78, 5) is 14.5. The molecule has 1 atom stereocenters. The van der Waals surface area contributed by atoms with Gasteiger partial charge in [-0.2, -0.15) is 0 Å². The highest BCUT2D eigenvalue weighted by atomic mass is 16.5. The van der Waals surface area contributed by atoms with Crippen molar-refractivity contribution in [2.24, 2.45) is 0 Å². The fourth-order valence-electron chi connectivity index (χ4n) is 4.55. The lowest BCUT2D eigenvalue weighted by Gasteiger charge is -2.44. The van der Waals surface area contributed by atoms with Crippen LogP contribution in [0.5, 0.6) is 23.0 Å². The molecule has 6 heteroatoms. The van der Waals surface area contributed by atoms with Crippen LogP contribution in [0.25, 0.3) is 0 Å². The number of carbonyl (C=O) groups is 1. The van der Waals surface area contributed by atoms with Gasteiger partial charge in [0.1, 0.15) is 0 Å². The summed E-state index contributed by atoms with van der Waals surface area (Å²) in [6.45, 7) is 0.641. The van der Waals surface area contributed by atoms with Crippen molar-refractivity contribution in [2.45, 2.75) is 31.2 Å². The van der Waals surface area contributed by atoms with Crippen LogP contribution in [0.15, 0.2) is 30.3 Å². The van der Waals surface area contributed by atoms with Crippen molar-refractivity contribution in [3.63, 3.8) is 0 Å². The molecule has 0 saturated carbocycles. The van der Waals surface area contributed by atoms with E-state index in [1.165, 1.54) is 14.2 Å². The molecule has 1 saturated heterocycles. The Balaban J connectivity index is 1.82. The maximum atomic E-state index is 12.6. The van der Waals surface area contributed by atoms with Crippen molar-refractivity contribution < 1.29 is 24.5 Å². The van der Waals surface area contributed by atoms with Crippen LogP contribution in [0.4, 0.5) is 0 Å². The SMILES string of the molecule is COc1ccc(C[C@]23CCC(=O)N2CCc2cc(OC)c(O)cc23)cc1O. The number of methoxy groups -OCH3 is 2. The van der Waals surface area contributed by atoms with Gasteiger partial charge < -0.3 is 24.6 Å². The molecular weight excluding hydrogens is 346 g/mol. The number of hydrogen-bond donors (Lipinski definition) is 2. The van der Waals surface area contributed by atoms with Crippen molar-refractivity contribution >= 4 is 5.91 Å². The molecule has 0 aromatic heterocycles. The van der Waals surface area contributed by atoms with Gasteiger partial charge in [-0.05, 0) is 53.8 Å². The van der Waals surface area contributed by atoms with Gasteiger partial charge in [0.15, 0.2) is 23.0 Å². The number of benzene rings is 2. The summed E-state index contributed by atoms with van der Waals surface area (Å²) in [7, 11) is 3.05. The molecule has 2 N–H and O–H groups in total. The molecule has 1 fully saturated rings. The van der Waals surface area contributed by atoms with E-state index < -0.39 is 5.54 Å². The summed E-state index contributed by atoms with van der Waals surface area (Å²) in [5.41, 5.74) is 2.45. The number of hydrogen-bond acceptors (Lipinski definition) is 5. The molecule has 0 spiro atoms. The lowest BCUT2D eigenvalue weighted by Crippen LogP contribution is -2.49. The number of amides is 1. The van der Waals surface area contributed by atoms with E-state index in [0.29, 0.717) is 37.3 Å². The van der Waals surface area contributed by atoms with Crippen molar-refractivity contribution in [1.82, 2.24) is 4.90 Å². The first-order chi connectivity index (χ1) is 13.0. The first-order valence-corrected chi connectivity index (χ1v) is 9.05. The average Bonchev–Trinajstić information content (AvgIpc) is 2.98. The van der Waals surface area contributed by atoms with Crippen LogP contribution in [0.2, 0.25) is 0 Å². The molecule has 2 aromatic rings. The zero-order valence-corrected chi connectivity index (χ0v) is 15.5. The van der Waals surface area contributed by atoms with E-state index in [1.807, 2.05) is 17.0 Å². The molecule has 2 heterocycles. The Hall–Kier alpha value is -2.89. The maximum absolute atomic E-state index is 12.6. The Kier molecular flexibility index (Phi) is 4.13. The van der Waals surface area contributed by atoms with Crippen molar-refractivity contribution in [1.29, 1.82) is 0 Å². The second-order valence-electron chi connectivity index (χ2n) is 7.19. The molecule has 0 unspecified atom stereocenters. The predicted octanol–water partition coefficient (Wildman–Crippen LogP) is 2.73. The molecule has 142 valence electrons. The number of phenols is 2. The van der Waals surface area contributed by atoms with Crippen LogP contribution in [0.3, 0.4) is 0 Å². The Labute approximate surface area is 157 Å². The van der Waals surface area contributed by atoms with Crippen LogP contribution in [-0.2, 0) is 23.2 Å². The average molecular weight is 369 g/mol. The molecule has 6 nitrogen and oxygen atoms in total. The Bertz CT molecular complexity index is 910. The topological polar surface area (TPSA) is 79.2 Å². The fraction of sp³-hybridized carbons (Fsp3) is 0.381. The number of aromatic hydroxyl groups is 2. The van der Waals surface area contributed by atoms with Gasteiger partial charge in [0.05, 0.1) is 19.8 Å². The minimum Gasteiger partial charge on any atom is -0.504 e. The van der Waals surface area contributed by atoms with Crippen LogP contribution >= 0.6 is 0 Å². The van der Waals surface area contributed by atoms with Crippen molar-refractivity contribution in [2.75, 3.05) is 20.8 Å². The molecule has 0 aliphatic carbocycles. The summed E-state index contributed by atoms with van der Waals surface area (Å²) >= 11 is 0. The van der Waals surface area contributed by atoms with Crippen molar-refractivity contribution in [3.05, 3.63) is 47.0 Å². The monoisotopic (exact) mass is 369 g/mol. The number of phenolic OH excluding ortho intramolecular Hbond substituents is 2. The van der Waals surface area contributed by atoms with E-state index in [9.17, 15) is 15.0 Å². The number of fused-ring (bicyclic) bond motifs is 3. The zero-order valence-electron chi connectivity index (χ0n) is 15.5. The van der Waals surface area contributed by atoms with Gasteiger partial charge in [-0.25, -0.2) is 0 Å². The number of rotatable bonds is 4. The Morgan fingerprint density at radius 3 is 2.48 bits per heavy atom. The first-order valence-electron chi connectivity index (χ1n) is 9.05. The molecule has 2 aliphatic heterocycles. The highest BCUT2D eigenvalue weighted by molar-refractivity contribution is 5.81. The van der Waals surface area contributed by atoms with Crippen LogP contribution in [0.1, 0.15) is 29.5 Å². The third-order valence-electron chi connectivity index (χ3n) is 5.82. The normalized spacial score (nSPS) is 21.0. The van der Waals surface area contributed by atoms with E-state index in [-0.39, 0.29) is 17.4 Å². The van der Waals surface area contributed by atoms with Gasteiger partial charge in [-0.3, -0.25) is 4.79 Å². The molecule has 1 amide bonds. The second kappa shape index (κ2) is 6.37. The third kappa shape index (κ3) is 2.67. The predicted molar refractivity (Wildman–Crippen MR) is 99.4 cm³/mol. The summed E-state index contributed by atoms with van der Waals surface area (Å²) in [6, 6.07) is 8.94. The van der Waals surface area contributed by atoms with Gasteiger partial charge in [0, 0.05) is 19.4 Å². The highest BCUT2D eigenvalue weighted by Crippen LogP contribution is 2.49. The summed E-state index contributed by atoms with van der Waals surface area (Å²) in [6.07, 6.45) is 2.45. The van der Waals surface area contributed by atoms with E-state index in [1.54, 1.807) is 18.2 Å². The van der Waals surface area contributed by atoms with Crippen LogP contribution in [0, 0.1) is 0 Å². The minimum atomic E-state index is -0.518. The molecule has 0 radical (unpaired) electrons. The minimum absolute atomic E-state index is 0.0782. The first kappa shape index (κ1) is 17.5. The summed E-state index contributed by atoms with van der Waals surface area (Å²) in [5, 5.41) is 20.5. The molecule has 4 rings (SSSR count). The molecule has 27 heavy (non-hydrogen) atoms. The summed E-state index contributed by atoms with van der Waals surface area (Å²) < 4.78 is 10.4. The molecular formula is C21H23NO5. The van der Waals surface area contributed by atoms with E-state index >= 15 is 0 Å². The van der Waals surface area contributed by atoms with Crippen LogP contribution in [-0.4, -0.2) is 41.8 Å². The lowest BCUT2D eigenvalue weighted by atomic mass is 9.76. The van der Waals surface area contributed by atoms with E-state index in [2.05, 4.69) is 0 Å². The van der Waals surface area contributed by atoms with Gasteiger partial charge in [0.25, 0.3) is 0 Å². The third-order valence-corrected chi connectivity index (χ3v) is 5.82. The largest absolute Gasteiger partial charge is 0.504 e. The fourth-order valence-corrected chi connectivity index (χ4v) is 4.55. The van der Waals surface area contributed by atoms with E-state index in [0.717, 1.165) is 23.1 Å². The quantitative estimate of drug-likeness (QED) is 0.866. The molecule has 2 aliphatic rings. The van der Waals surface area contributed by atoms with Crippen LogP contribution < -0.4 is 9.47 Å². The van der Waals surface area contributed by atoms with Gasteiger partial charge in [0.2, 0.25) is 5.91 Å². The van der Waals surface area contributed by atoms with Crippen molar-refractivity contribution in [3.8, 4) is 23.0 Å². The number of ether oxygens (including phenoxy) is 2. The second-order valence-corrected chi connectivity index (χ2v) is 7.19. The Morgan fingerprint density at radius 2 is 1.78 bits per heavy atom. The maximum Gasteiger partial charge on any atom is 0.223 e. The molecule has 2 aromatic carbocycles. The van der Waals surface area contributed by atoms with Gasteiger partial charge >= 0.3 is 0 Å². The lowest BCUT2D eigenvalue weighted by molar-refractivity contribution is -0.132. The number of nitrogens with zero attached hydrogens (tertiary/aromatic N) is 1. The highest BCUT2D eigenvalue weighted by Gasteiger charge is 2.49. The molecule has 0 bridgehead atoms. The smallest absolute Gasteiger partial charge is 0.223 e. The van der Waals surface area contributed by atoms with Gasteiger partial charge in [-0.1, -0.05) is 6.07 Å². The van der Waals surface area contributed by atoms with E-state index in [4.69, 9.17) is 9.47 Å². The Morgan fingerprint density at radius 1 is 1.04 bits per heavy atom. The zero-order chi connectivity index (χ0) is 19.2. The van der Waals surface area contributed by atoms with Gasteiger partial charge in [-0.15, -0.1) is 0 Å². The summed E-state index contributed by atoms with van der Waals surface area (Å²) in [5.74, 6) is 1.16.